The lowest BCUT2D eigenvalue weighted by Gasteiger charge is -2.02. The molecule has 6 heteroatoms. The van der Waals surface area contributed by atoms with Gasteiger partial charge in [-0.25, -0.2) is 4.79 Å². The molecule has 25 heavy (non-hydrogen) atoms. The van der Waals surface area contributed by atoms with E-state index in [-0.39, 0.29) is 10.6 Å². The van der Waals surface area contributed by atoms with Crippen LogP contribution in [0.25, 0.3) is 11.3 Å². The van der Waals surface area contributed by atoms with Crippen LogP contribution < -0.4 is 0 Å². The third-order valence-corrected chi connectivity index (χ3v) is 4.52. The number of nitrogens with zero attached hydrogens (tertiary/aromatic N) is 1. The highest BCUT2D eigenvalue weighted by Gasteiger charge is 2.10. The second kappa shape index (κ2) is 7.25. The van der Waals surface area contributed by atoms with Gasteiger partial charge in [-0.1, -0.05) is 33.6 Å². The van der Waals surface area contributed by atoms with Gasteiger partial charge in [-0.05, 0) is 55.0 Å². The predicted molar refractivity (Wildman–Crippen MR) is 102 cm³/mol. The van der Waals surface area contributed by atoms with Crippen LogP contribution >= 0.6 is 27.5 Å². The monoisotopic (exact) mass is 417 g/mol. The van der Waals surface area contributed by atoms with E-state index in [2.05, 4.69) is 20.9 Å². The molecule has 0 radical (unpaired) electrons. The number of carbonyl (C=O) groups is 1. The van der Waals surface area contributed by atoms with Gasteiger partial charge in [0.2, 0.25) is 0 Å². The Bertz CT molecular complexity index is 979. The topological polar surface area (TPSA) is 62.8 Å². The highest BCUT2D eigenvalue weighted by atomic mass is 79.9. The number of hydrogen-bond donors (Lipinski definition) is 1. The maximum absolute atomic E-state index is 11.1. The van der Waals surface area contributed by atoms with Gasteiger partial charge in [0.15, 0.2) is 0 Å². The lowest BCUT2D eigenvalue weighted by atomic mass is 10.1. The molecular formula is C19H13BrClNO3. The van der Waals surface area contributed by atoms with Gasteiger partial charge in [-0.15, -0.1) is 0 Å². The Morgan fingerprint density at radius 3 is 2.72 bits per heavy atom. The number of rotatable bonds is 4. The number of carboxylic acid groups (broad SMARTS) is 1. The molecule has 0 aliphatic carbocycles. The number of aryl methyl sites for hydroxylation is 1. The van der Waals surface area contributed by atoms with E-state index in [0.29, 0.717) is 11.4 Å². The number of hydrogen-bond acceptors (Lipinski definition) is 3. The Kier molecular flexibility index (Phi) is 5.06. The summed E-state index contributed by atoms with van der Waals surface area (Å²) in [6, 6.07) is 14.3. The Morgan fingerprint density at radius 2 is 2.00 bits per heavy atom. The van der Waals surface area contributed by atoms with Crippen molar-refractivity contribution in [2.24, 2.45) is 4.99 Å². The third-order valence-electron chi connectivity index (χ3n) is 3.54. The molecule has 126 valence electrons. The average molecular weight is 419 g/mol. The van der Waals surface area contributed by atoms with Crippen LogP contribution in [0.2, 0.25) is 5.02 Å². The zero-order chi connectivity index (χ0) is 18.0. The standard InChI is InChI=1S/C19H13BrClNO3/c1-11-2-5-14(16(20)8-11)18-7-4-13(25-18)10-22-12-3-6-17(21)15(9-12)19(23)24/h2-10H,1H3,(H,23,24). The van der Waals surface area contributed by atoms with Crippen LogP contribution in [-0.4, -0.2) is 17.3 Å². The largest absolute Gasteiger partial charge is 0.478 e. The highest BCUT2D eigenvalue weighted by Crippen LogP contribution is 2.30. The summed E-state index contributed by atoms with van der Waals surface area (Å²) < 4.78 is 6.74. The van der Waals surface area contributed by atoms with Gasteiger partial charge >= 0.3 is 5.97 Å². The molecule has 0 bridgehead atoms. The molecule has 2 aromatic carbocycles. The third kappa shape index (κ3) is 4.00. The minimum absolute atomic E-state index is 0.0139. The Morgan fingerprint density at radius 1 is 1.20 bits per heavy atom. The smallest absolute Gasteiger partial charge is 0.337 e. The van der Waals surface area contributed by atoms with Crippen molar-refractivity contribution in [3.8, 4) is 11.3 Å². The van der Waals surface area contributed by atoms with E-state index in [1.807, 2.05) is 31.2 Å². The Balaban J connectivity index is 1.85. The van der Waals surface area contributed by atoms with Crippen LogP contribution in [0.1, 0.15) is 21.7 Å². The summed E-state index contributed by atoms with van der Waals surface area (Å²) in [6.45, 7) is 2.02. The number of carboxylic acids is 1. The molecule has 0 spiro atoms. The Hall–Kier alpha value is -2.37. The van der Waals surface area contributed by atoms with Gasteiger partial charge in [-0.3, -0.25) is 4.99 Å². The molecule has 3 rings (SSSR count). The van der Waals surface area contributed by atoms with Crippen molar-refractivity contribution >= 4 is 45.4 Å². The molecule has 0 saturated carbocycles. The van der Waals surface area contributed by atoms with Gasteiger partial charge in [0.05, 0.1) is 22.5 Å². The summed E-state index contributed by atoms with van der Waals surface area (Å²) in [5.41, 5.74) is 2.60. The minimum Gasteiger partial charge on any atom is -0.478 e. The predicted octanol–water partition coefficient (Wildman–Crippen LogP) is 6.12. The fourth-order valence-corrected chi connectivity index (χ4v) is 3.17. The molecule has 0 aliphatic rings. The minimum atomic E-state index is -1.09. The fourth-order valence-electron chi connectivity index (χ4n) is 2.28. The summed E-state index contributed by atoms with van der Waals surface area (Å²) in [7, 11) is 0. The summed E-state index contributed by atoms with van der Waals surface area (Å²) in [4.78, 5) is 15.4. The lowest BCUT2D eigenvalue weighted by Crippen LogP contribution is -1.96. The summed E-state index contributed by atoms with van der Waals surface area (Å²) in [5.74, 6) is 0.191. The molecule has 0 fully saturated rings. The second-order valence-corrected chi connectivity index (χ2v) is 6.67. The first-order valence-electron chi connectivity index (χ1n) is 7.37. The van der Waals surface area contributed by atoms with Gasteiger partial charge in [0.1, 0.15) is 11.5 Å². The maximum atomic E-state index is 11.1. The van der Waals surface area contributed by atoms with Crippen molar-refractivity contribution in [1.82, 2.24) is 0 Å². The molecule has 3 aromatic rings. The number of benzene rings is 2. The fraction of sp³-hybridized carbons (Fsp3) is 0.0526. The number of aliphatic imine (C=N–C) groups is 1. The van der Waals surface area contributed by atoms with Crippen LogP contribution in [0.5, 0.6) is 0 Å². The van der Waals surface area contributed by atoms with Crippen LogP contribution in [0, 0.1) is 6.92 Å². The van der Waals surface area contributed by atoms with Gasteiger partial charge < -0.3 is 9.52 Å². The number of aromatic carboxylic acids is 1. The first-order chi connectivity index (χ1) is 11.9. The average Bonchev–Trinajstić information content (AvgIpc) is 3.02. The Labute approximate surface area is 157 Å². The van der Waals surface area contributed by atoms with Crippen LogP contribution in [0.4, 0.5) is 5.69 Å². The maximum Gasteiger partial charge on any atom is 0.337 e. The van der Waals surface area contributed by atoms with E-state index in [4.69, 9.17) is 21.1 Å². The van der Waals surface area contributed by atoms with Crippen LogP contribution in [0.3, 0.4) is 0 Å². The quantitative estimate of drug-likeness (QED) is 0.519. The highest BCUT2D eigenvalue weighted by molar-refractivity contribution is 9.10. The van der Waals surface area contributed by atoms with Crippen molar-refractivity contribution in [2.45, 2.75) is 6.92 Å². The van der Waals surface area contributed by atoms with Crippen molar-refractivity contribution < 1.29 is 14.3 Å². The SMILES string of the molecule is Cc1ccc(-c2ccc(C=Nc3ccc(Cl)c(C(=O)O)c3)o2)c(Br)c1. The van der Waals surface area contributed by atoms with Crippen LogP contribution in [-0.2, 0) is 0 Å². The van der Waals surface area contributed by atoms with Crippen molar-refractivity contribution in [3.63, 3.8) is 0 Å². The molecule has 0 unspecified atom stereocenters. The van der Waals surface area contributed by atoms with E-state index in [1.165, 1.54) is 12.1 Å². The molecule has 1 heterocycles. The molecule has 4 nitrogen and oxygen atoms in total. The molecule has 1 N–H and O–H groups in total. The first kappa shape index (κ1) is 17.5. The zero-order valence-corrected chi connectivity index (χ0v) is 15.5. The van der Waals surface area contributed by atoms with Gasteiger partial charge in [-0.2, -0.15) is 0 Å². The lowest BCUT2D eigenvalue weighted by molar-refractivity contribution is 0.0697. The van der Waals surface area contributed by atoms with E-state index >= 15 is 0 Å². The molecule has 0 saturated heterocycles. The summed E-state index contributed by atoms with van der Waals surface area (Å²) in [5, 5.41) is 9.27. The molecule has 1 aromatic heterocycles. The van der Waals surface area contributed by atoms with Crippen molar-refractivity contribution in [1.29, 1.82) is 0 Å². The molecule has 0 aliphatic heterocycles. The molecular weight excluding hydrogens is 406 g/mol. The molecule has 0 amide bonds. The normalized spacial score (nSPS) is 11.2. The van der Waals surface area contributed by atoms with Crippen molar-refractivity contribution in [3.05, 3.63) is 74.9 Å². The summed E-state index contributed by atoms with van der Waals surface area (Å²) >= 11 is 9.39. The van der Waals surface area contributed by atoms with E-state index in [1.54, 1.807) is 18.3 Å². The van der Waals surface area contributed by atoms with E-state index < -0.39 is 5.97 Å². The van der Waals surface area contributed by atoms with Gasteiger partial charge in [0, 0.05) is 10.0 Å². The molecule has 0 atom stereocenters. The van der Waals surface area contributed by atoms with Gasteiger partial charge in [0.25, 0.3) is 0 Å². The first-order valence-corrected chi connectivity index (χ1v) is 8.54. The van der Waals surface area contributed by atoms with E-state index in [9.17, 15) is 4.79 Å². The summed E-state index contributed by atoms with van der Waals surface area (Å²) in [6.07, 6.45) is 1.54. The van der Waals surface area contributed by atoms with E-state index in [0.717, 1.165) is 21.4 Å². The van der Waals surface area contributed by atoms with Crippen molar-refractivity contribution in [2.75, 3.05) is 0 Å². The second-order valence-electron chi connectivity index (χ2n) is 5.41. The number of furan rings is 1. The zero-order valence-electron chi connectivity index (χ0n) is 13.2. The number of halogens is 2. The van der Waals surface area contributed by atoms with Crippen LogP contribution in [0.15, 0.2) is 62.4 Å².